The Morgan fingerprint density at radius 2 is 2.04 bits per heavy atom. The molecule has 3 fully saturated rings. The number of amides is 2. The molecule has 1 heterocycles. The lowest BCUT2D eigenvalue weighted by atomic mass is 9.67. The molecule has 5 heteroatoms. The highest BCUT2D eigenvalue weighted by Gasteiger charge is 2.56. The third-order valence-electron chi connectivity index (χ3n) is 6.60. The van der Waals surface area contributed by atoms with E-state index < -0.39 is 0 Å². The van der Waals surface area contributed by atoms with Crippen LogP contribution in [0.3, 0.4) is 0 Å². The number of cyclic esters (lactones) is 1. The van der Waals surface area contributed by atoms with Gasteiger partial charge in [-0.05, 0) is 56.1 Å². The Balaban J connectivity index is 1.27. The molecule has 1 aromatic rings. The van der Waals surface area contributed by atoms with Gasteiger partial charge in [0.1, 0.15) is 6.61 Å². The lowest BCUT2D eigenvalue weighted by molar-refractivity contribution is -0.133. The molecule has 5 nitrogen and oxygen atoms in total. The first-order chi connectivity index (χ1) is 12.4. The number of aryl methyl sites for hydroxylation is 2. The third-order valence-corrected chi connectivity index (χ3v) is 6.60. The molecule has 1 aromatic carbocycles. The number of hydrogen-bond acceptors (Lipinski definition) is 3. The van der Waals surface area contributed by atoms with Crippen LogP contribution in [0.2, 0.25) is 0 Å². The molecular formula is C21H28N2O3. The van der Waals surface area contributed by atoms with Crippen molar-refractivity contribution in [3.05, 3.63) is 34.9 Å². The normalized spacial score (nSPS) is 32.8. The summed E-state index contributed by atoms with van der Waals surface area (Å²) in [5, 5.41) is 3.21. The van der Waals surface area contributed by atoms with Crippen LogP contribution in [0.25, 0.3) is 0 Å². The van der Waals surface area contributed by atoms with E-state index in [-0.39, 0.29) is 29.5 Å². The SMILES string of the molecule is CCc1cc(C)cc(C2CC(NC(=O)C3CC4(COC(=O)N4C)C3)C2)c1. The number of rotatable bonds is 4. The van der Waals surface area contributed by atoms with Gasteiger partial charge in [-0.3, -0.25) is 4.79 Å². The van der Waals surface area contributed by atoms with Crippen molar-refractivity contribution in [2.24, 2.45) is 5.92 Å². The fourth-order valence-electron chi connectivity index (χ4n) is 4.68. The van der Waals surface area contributed by atoms with Crippen molar-refractivity contribution < 1.29 is 14.3 Å². The Bertz CT molecular complexity index is 733. The summed E-state index contributed by atoms with van der Waals surface area (Å²) in [6.07, 6.45) is 4.28. The Morgan fingerprint density at radius 1 is 1.31 bits per heavy atom. The Hall–Kier alpha value is -2.04. The summed E-state index contributed by atoms with van der Waals surface area (Å²) in [6.45, 7) is 4.76. The molecular weight excluding hydrogens is 328 g/mol. The number of benzene rings is 1. The van der Waals surface area contributed by atoms with E-state index in [1.54, 1.807) is 11.9 Å². The van der Waals surface area contributed by atoms with E-state index in [1.165, 1.54) is 16.7 Å². The third kappa shape index (κ3) is 2.87. The highest BCUT2D eigenvalue weighted by molar-refractivity contribution is 5.81. The zero-order chi connectivity index (χ0) is 18.5. The summed E-state index contributed by atoms with van der Waals surface area (Å²) >= 11 is 0. The molecule has 0 atom stereocenters. The minimum Gasteiger partial charge on any atom is -0.447 e. The van der Waals surface area contributed by atoms with Crippen LogP contribution in [0.15, 0.2) is 18.2 Å². The molecule has 4 rings (SSSR count). The maximum Gasteiger partial charge on any atom is 0.410 e. The van der Waals surface area contributed by atoms with Gasteiger partial charge in [-0.1, -0.05) is 30.7 Å². The average Bonchev–Trinajstić information content (AvgIpc) is 2.84. The van der Waals surface area contributed by atoms with Gasteiger partial charge in [-0.2, -0.15) is 0 Å². The average molecular weight is 356 g/mol. The molecule has 0 unspecified atom stereocenters. The van der Waals surface area contributed by atoms with E-state index in [1.807, 2.05) is 0 Å². The second-order valence-corrected chi connectivity index (χ2v) is 8.42. The smallest absolute Gasteiger partial charge is 0.410 e. The number of ether oxygens (including phenoxy) is 1. The van der Waals surface area contributed by atoms with Gasteiger partial charge in [-0.15, -0.1) is 0 Å². The van der Waals surface area contributed by atoms with E-state index in [0.29, 0.717) is 12.5 Å². The zero-order valence-electron chi connectivity index (χ0n) is 15.9. The van der Waals surface area contributed by atoms with Gasteiger partial charge >= 0.3 is 6.09 Å². The number of carbonyl (C=O) groups excluding carboxylic acids is 2. The van der Waals surface area contributed by atoms with Crippen LogP contribution in [0.5, 0.6) is 0 Å². The minimum absolute atomic E-state index is 0.0108. The monoisotopic (exact) mass is 356 g/mol. The lowest BCUT2D eigenvalue weighted by Gasteiger charge is -2.47. The minimum atomic E-state index is -0.268. The molecule has 1 saturated heterocycles. The molecule has 140 valence electrons. The Morgan fingerprint density at radius 3 is 2.65 bits per heavy atom. The molecule has 3 aliphatic rings. The summed E-state index contributed by atoms with van der Waals surface area (Å²) in [4.78, 5) is 25.7. The molecule has 26 heavy (non-hydrogen) atoms. The summed E-state index contributed by atoms with van der Waals surface area (Å²) < 4.78 is 5.11. The largest absolute Gasteiger partial charge is 0.447 e. The van der Waals surface area contributed by atoms with Crippen LogP contribution < -0.4 is 5.32 Å². The van der Waals surface area contributed by atoms with Crippen LogP contribution in [0.4, 0.5) is 4.79 Å². The van der Waals surface area contributed by atoms with Crippen molar-refractivity contribution in [1.82, 2.24) is 10.2 Å². The zero-order valence-corrected chi connectivity index (χ0v) is 15.9. The van der Waals surface area contributed by atoms with Crippen molar-refractivity contribution in [2.45, 2.75) is 63.5 Å². The van der Waals surface area contributed by atoms with Crippen molar-refractivity contribution >= 4 is 12.0 Å². The van der Waals surface area contributed by atoms with Crippen LogP contribution in [0, 0.1) is 12.8 Å². The van der Waals surface area contributed by atoms with Crippen molar-refractivity contribution in [2.75, 3.05) is 13.7 Å². The van der Waals surface area contributed by atoms with Crippen LogP contribution in [0.1, 0.15) is 55.2 Å². The fraction of sp³-hybridized carbons (Fsp3) is 0.619. The molecule has 2 saturated carbocycles. The lowest BCUT2D eigenvalue weighted by Crippen LogP contribution is -2.59. The van der Waals surface area contributed by atoms with E-state index in [0.717, 1.165) is 32.1 Å². The quantitative estimate of drug-likeness (QED) is 0.902. The van der Waals surface area contributed by atoms with Crippen LogP contribution >= 0.6 is 0 Å². The first-order valence-corrected chi connectivity index (χ1v) is 9.71. The topological polar surface area (TPSA) is 58.6 Å². The molecule has 0 radical (unpaired) electrons. The van der Waals surface area contributed by atoms with Crippen molar-refractivity contribution in [1.29, 1.82) is 0 Å². The van der Waals surface area contributed by atoms with E-state index in [2.05, 4.69) is 37.4 Å². The maximum absolute atomic E-state index is 12.5. The fourth-order valence-corrected chi connectivity index (χ4v) is 4.68. The first-order valence-electron chi connectivity index (χ1n) is 9.71. The van der Waals surface area contributed by atoms with Crippen molar-refractivity contribution in [3.63, 3.8) is 0 Å². The standard InChI is InChI=1S/C21H28N2O3/c1-4-14-5-13(2)6-15(7-14)16-8-18(9-16)22-19(24)17-10-21(11-17)12-26-20(25)23(21)3/h5-7,16-18H,4,8-12H2,1-3H3,(H,22,24). The highest BCUT2D eigenvalue weighted by atomic mass is 16.6. The second kappa shape index (κ2) is 6.29. The van der Waals surface area contributed by atoms with Gasteiger partial charge in [0.2, 0.25) is 5.91 Å². The number of carbonyl (C=O) groups is 2. The number of hydrogen-bond donors (Lipinski definition) is 1. The molecule has 2 aliphatic carbocycles. The molecule has 0 aromatic heterocycles. The highest BCUT2D eigenvalue weighted by Crippen LogP contribution is 2.46. The predicted octanol–water partition coefficient (Wildman–Crippen LogP) is 3.15. The molecule has 2 amide bonds. The number of likely N-dealkylation sites (N-methyl/N-ethyl adjacent to an activating group) is 1. The number of nitrogens with zero attached hydrogens (tertiary/aromatic N) is 1. The van der Waals surface area contributed by atoms with Gasteiger partial charge in [-0.25, -0.2) is 4.79 Å². The summed E-state index contributed by atoms with van der Waals surface area (Å²) in [7, 11) is 1.77. The molecule has 1 N–H and O–H groups in total. The number of nitrogens with one attached hydrogen (secondary N) is 1. The molecule has 1 aliphatic heterocycles. The van der Waals surface area contributed by atoms with E-state index >= 15 is 0 Å². The van der Waals surface area contributed by atoms with Crippen molar-refractivity contribution in [3.8, 4) is 0 Å². The van der Waals surface area contributed by atoms with Gasteiger partial charge in [0.15, 0.2) is 0 Å². The van der Waals surface area contributed by atoms with E-state index in [4.69, 9.17) is 4.74 Å². The van der Waals surface area contributed by atoms with Crippen LogP contribution in [-0.2, 0) is 16.0 Å². The summed E-state index contributed by atoms with van der Waals surface area (Å²) in [5.74, 6) is 0.715. The Labute approximate surface area is 155 Å². The predicted molar refractivity (Wildman–Crippen MR) is 99.0 cm³/mol. The maximum atomic E-state index is 12.5. The summed E-state index contributed by atoms with van der Waals surface area (Å²) in [5.41, 5.74) is 3.89. The van der Waals surface area contributed by atoms with Gasteiger partial charge in [0, 0.05) is 19.0 Å². The van der Waals surface area contributed by atoms with Gasteiger partial charge in [0.25, 0.3) is 0 Å². The summed E-state index contributed by atoms with van der Waals surface area (Å²) in [6, 6.07) is 7.14. The Kier molecular flexibility index (Phi) is 4.20. The van der Waals surface area contributed by atoms with Crippen LogP contribution in [-0.4, -0.2) is 42.1 Å². The van der Waals surface area contributed by atoms with Gasteiger partial charge in [0.05, 0.1) is 5.54 Å². The first kappa shape index (κ1) is 17.4. The molecule has 1 spiro atoms. The second-order valence-electron chi connectivity index (χ2n) is 8.42. The van der Waals surface area contributed by atoms with Gasteiger partial charge < -0.3 is 15.0 Å². The molecule has 0 bridgehead atoms. The van der Waals surface area contributed by atoms with E-state index in [9.17, 15) is 9.59 Å².